The first-order valence-electron chi connectivity index (χ1n) is 7.03. The van der Waals surface area contributed by atoms with E-state index < -0.39 is 11.7 Å². The van der Waals surface area contributed by atoms with Crippen LogP contribution in [0, 0.1) is 0 Å². The van der Waals surface area contributed by atoms with Crippen LogP contribution in [0.2, 0.25) is 5.02 Å². The predicted octanol–water partition coefficient (Wildman–Crippen LogP) is 3.89. The number of aliphatic hydroxyl groups excluding tert-OH is 1. The Morgan fingerprint density at radius 1 is 1.29 bits per heavy atom. The molecule has 0 radical (unpaired) electrons. The summed E-state index contributed by atoms with van der Waals surface area (Å²) in [7, 11) is 0. The number of aliphatic hydroxyl groups is 1. The van der Waals surface area contributed by atoms with Gasteiger partial charge < -0.3 is 10.0 Å². The van der Waals surface area contributed by atoms with Gasteiger partial charge in [-0.3, -0.25) is 0 Å². The molecule has 1 aromatic heterocycles. The number of rotatable bonds is 4. The summed E-state index contributed by atoms with van der Waals surface area (Å²) in [6, 6.07) is 1.07. The van der Waals surface area contributed by atoms with Crippen molar-refractivity contribution in [1.82, 2.24) is 4.98 Å². The molecular formula is C14H18ClF3N2O. The summed E-state index contributed by atoms with van der Waals surface area (Å²) >= 11 is 6.00. The molecule has 0 unspecified atom stereocenters. The lowest BCUT2D eigenvalue weighted by atomic mass is 9.94. The third kappa shape index (κ3) is 4.01. The van der Waals surface area contributed by atoms with Gasteiger partial charge in [0.15, 0.2) is 0 Å². The van der Waals surface area contributed by atoms with E-state index in [2.05, 4.69) is 4.98 Å². The minimum absolute atomic E-state index is 0.0242. The van der Waals surface area contributed by atoms with E-state index in [4.69, 9.17) is 11.6 Å². The molecule has 0 amide bonds. The molecule has 0 saturated heterocycles. The summed E-state index contributed by atoms with van der Waals surface area (Å²) < 4.78 is 38.0. The summed E-state index contributed by atoms with van der Waals surface area (Å²) in [5.74, 6) is 0.325. The average Bonchev–Trinajstić information content (AvgIpc) is 2.45. The van der Waals surface area contributed by atoms with Crippen LogP contribution in [0.1, 0.15) is 37.7 Å². The largest absolute Gasteiger partial charge is 0.417 e. The topological polar surface area (TPSA) is 36.4 Å². The van der Waals surface area contributed by atoms with Gasteiger partial charge in [0.1, 0.15) is 5.82 Å². The first-order chi connectivity index (χ1) is 9.93. The first kappa shape index (κ1) is 16.4. The molecule has 0 aliphatic heterocycles. The van der Waals surface area contributed by atoms with Gasteiger partial charge in [0.2, 0.25) is 0 Å². The second-order valence-corrected chi connectivity index (χ2v) is 5.64. The number of anilines is 1. The fraction of sp³-hybridized carbons (Fsp3) is 0.643. The van der Waals surface area contributed by atoms with Gasteiger partial charge in [-0.05, 0) is 18.9 Å². The number of pyridine rings is 1. The van der Waals surface area contributed by atoms with E-state index in [1.54, 1.807) is 0 Å². The van der Waals surface area contributed by atoms with Crippen molar-refractivity contribution in [3.8, 4) is 0 Å². The Kier molecular flexibility index (Phi) is 5.32. The van der Waals surface area contributed by atoms with Gasteiger partial charge in [-0.1, -0.05) is 30.9 Å². The SMILES string of the molecule is OCCN(c1ncc(C(F)(F)F)cc1Cl)C1CCCCC1. The van der Waals surface area contributed by atoms with Crippen LogP contribution in [0.3, 0.4) is 0 Å². The summed E-state index contributed by atoms with van der Waals surface area (Å²) in [6.07, 6.45) is 1.54. The molecule has 1 aromatic rings. The molecule has 0 aromatic carbocycles. The van der Waals surface area contributed by atoms with Crippen LogP contribution in [0.5, 0.6) is 0 Å². The van der Waals surface area contributed by atoms with Gasteiger partial charge in [0.25, 0.3) is 0 Å². The minimum atomic E-state index is -4.46. The summed E-state index contributed by atoms with van der Waals surface area (Å²) in [4.78, 5) is 5.74. The van der Waals surface area contributed by atoms with Crippen LogP contribution >= 0.6 is 11.6 Å². The van der Waals surface area contributed by atoms with Crippen molar-refractivity contribution >= 4 is 17.4 Å². The maximum absolute atomic E-state index is 12.7. The van der Waals surface area contributed by atoms with Gasteiger partial charge in [-0.15, -0.1) is 0 Å². The molecule has 0 spiro atoms. The fourth-order valence-electron chi connectivity index (χ4n) is 2.76. The van der Waals surface area contributed by atoms with Gasteiger partial charge in [-0.2, -0.15) is 13.2 Å². The highest BCUT2D eigenvalue weighted by Crippen LogP contribution is 2.35. The molecular weight excluding hydrogens is 305 g/mol. The molecule has 1 aliphatic carbocycles. The van der Waals surface area contributed by atoms with Crippen molar-refractivity contribution < 1.29 is 18.3 Å². The third-order valence-electron chi connectivity index (χ3n) is 3.78. The van der Waals surface area contributed by atoms with Crippen molar-refractivity contribution in [3.63, 3.8) is 0 Å². The molecule has 1 N–H and O–H groups in total. The summed E-state index contributed by atoms with van der Waals surface area (Å²) in [5.41, 5.74) is -0.858. The third-order valence-corrected chi connectivity index (χ3v) is 4.06. The van der Waals surface area contributed by atoms with Gasteiger partial charge in [0, 0.05) is 18.8 Å². The highest BCUT2D eigenvalue weighted by Gasteiger charge is 2.32. The highest BCUT2D eigenvalue weighted by atomic mass is 35.5. The second-order valence-electron chi connectivity index (χ2n) is 5.24. The smallest absolute Gasteiger partial charge is 0.395 e. The number of hydrogen-bond donors (Lipinski definition) is 1. The Bertz CT molecular complexity index is 476. The predicted molar refractivity (Wildman–Crippen MR) is 75.6 cm³/mol. The lowest BCUT2D eigenvalue weighted by Crippen LogP contribution is -2.39. The molecule has 1 saturated carbocycles. The monoisotopic (exact) mass is 322 g/mol. The molecule has 1 fully saturated rings. The Morgan fingerprint density at radius 3 is 2.48 bits per heavy atom. The maximum atomic E-state index is 12.7. The second kappa shape index (κ2) is 6.83. The van der Waals surface area contributed by atoms with E-state index in [1.165, 1.54) is 0 Å². The zero-order chi connectivity index (χ0) is 15.5. The Hall–Kier alpha value is -1.01. The van der Waals surface area contributed by atoms with E-state index in [9.17, 15) is 18.3 Å². The Morgan fingerprint density at radius 2 is 1.95 bits per heavy atom. The van der Waals surface area contributed by atoms with E-state index >= 15 is 0 Å². The molecule has 7 heteroatoms. The standard InChI is InChI=1S/C14H18ClF3N2O/c15-12-8-10(14(16,17)18)9-19-13(12)20(6-7-21)11-4-2-1-3-5-11/h8-9,11,21H,1-7H2. The summed E-state index contributed by atoms with van der Waals surface area (Å²) in [5, 5.41) is 9.19. The molecule has 0 bridgehead atoms. The van der Waals surface area contributed by atoms with Crippen molar-refractivity contribution in [3.05, 3.63) is 22.8 Å². The average molecular weight is 323 g/mol. The number of nitrogens with zero attached hydrogens (tertiary/aromatic N) is 2. The van der Waals surface area contributed by atoms with Crippen molar-refractivity contribution in [2.75, 3.05) is 18.1 Å². The zero-order valence-corrected chi connectivity index (χ0v) is 12.3. The molecule has 118 valence electrons. The van der Waals surface area contributed by atoms with Crippen LogP contribution in [-0.4, -0.2) is 29.3 Å². The van der Waals surface area contributed by atoms with E-state index in [0.29, 0.717) is 12.4 Å². The number of aromatic nitrogens is 1. The van der Waals surface area contributed by atoms with Crippen LogP contribution in [0.15, 0.2) is 12.3 Å². The van der Waals surface area contributed by atoms with Crippen molar-refractivity contribution in [2.45, 2.75) is 44.3 Å². The number of halogens is 4. The van der Waals surface area contributed by atoms with Gasteiger partial charge >= 0.3 is 6.18 Å². The molecule has 3 nitrogen and oxygen atoms in total. The fourth-order valence-corrected chi connectivity index (χ4v) is 3.03. The first-order valence-corrected chi connectivity index (χ1v) is 7.41. The van der Waals surface area contributed by atoms with Crippen LogP contribution in [0.25, 0.3) is 0 Å². The molecule has 0 atom stereocenters. The normalized spacial score (nSPS) is 17.0. The van der Waals surface area contributed by atoms with Crippen LogP contribution < -0.4 is 4.90 Å². The van der Waals surface area contributed by atoms with Crippen LogP contribution in [-0.2, 0) is 6.18 Å². The lowest BCUT2D eigenvalue weighted by molar-refractivity contribution is -0.137. The lowest BCUT2D eigenvalue weighted by Gasteiger charge is -2.35. The number of hydrogen-bond acceptors (Lipinski definition) is 3. The number of alkyl halides is 3. The maximum Gasteiger partial charge on any atom is 0.417 e. The molecule has 21 heavy (non-hydrogen) atoms. The van der Waals surface area contributed by atoms with Crippen LogP contribution in [0.4, 0.5) is 19.0 Å². The van der Waals surface area contributed by atoms with E-state index in [0.717, 1.165) is 44.4 Å². The molecule has 2 rings (SSSR count). The zero-order valence-electron chi connectivity index (χ0n) is 11.5. The highest BCUT2D eigenvalue weighted by molar-refractivity contribution is 6.33. The molecule has 1 aliphatic rings. The Labute approximate surface area is 126 Å². The van der Waals surface area contributed by atoms with Crippen molar-refractivity contribution in [1.29, 1.82) is 0 Å². The summed E-state index contributed by atoms with van der Waals surface area (Å²) in [6.45, 7) is 0.234. The van der Waals surface area contributed by atoms with Gasteiger partial charge in [0.05, 0.1) is 17.2 Å². The Balaban J connectivity index is 2.27. The van der Waals surface area contributed by atoms with Gasteiger partial charge in [-0.25, -0.2) is 4.98 Å². The minimum Gasteiger partial charge on any atom is -0.395 e. The van der Waals surface area contributed by atoms with E-state index in [1.807, 2.05) is 4.90 Å². The molecule has 1 heterocycles. The van der Waals surface area contributed by atoms with E-state index in [-0.39, 0.29) is 17.7 Å². The van der Waals surface area contributed by atoms with Crippen molar-refractivity contribution in [2.24, 2.45) is 0 Å². The quantitative estimate of drug-likeness (QED) is 0.913.